The number of hydrogen-bond donors (Lipinski definition) is 0. The first-order chi connectivity index (χ1) is 15.3. The van der Waals surface area contributed by atoms with E-state index < -0.39 is 21.5 Å². The number of halogens is 1. The Bertz CT molecular complexity index is 1320. The highest BCUT2D eigenvalue weighted by Gasteiger charge is 2.26. The maximum atomic E-state index is 13.3. The van der Waals surface area contributed by atoms with Crippen molar-refractivity contribution in [3.05, 3.63) is 88.7 Å². The first kappa shape index (κ1) is 22.4. The van der Waals surface area contributed by atoms with Gasteiger partial charge in [0.15, 0.2) is 15.0 Å². The monoisotopic (exact) mass is 485 g/mol. The van der Waals surface area contributed by atoms with Crippen molar-refractivity contribution in [2.75, 3.05) is 10.7 Å². The number of nitrogens with zero attached hydrogens (tertiary/aromatic N) is 3. The van der Waals surface area contributed by atoms with Crippen LogP contribution in [0.1, 0.15) is 16.7 Å². The predicted molar refractivity (Wildman–Crippen MR) is 129 cm³/mol. The van der Waals surface area contributed by atoms with Crippen molar-refractivity contribution in [1.29, 1.82) is 0 Å². The second-order valence-electron chi connectivity index (χ2n) is 7.40. The van der Waals surface area contributed by atoms with E-state index in [0.717, 1.165) is 15.8 Å². The van der Waals surface area contributed by atoms with Crippen LogP contribution in [0.4, 0.5) is 5.13 Å². The zero-order valence-corrected chi connectivity index (χ0v) is 19.6. The first-order valence-corrected chi connectivity index (χ1v) is 12.8. The molecule has 0 unspecified atom stereocenters. The molecule has 0 fully saturated rings. The van der Waals surface area contributed by atoms with Gasteiger partial charge in [-0.05, 0) is 35.7 Å². The van der Waals surface area contributed by atoms with Crippen molar-refractivity contribution in [3.8, 4) is 0 Å². The van der Waals surface area contributed by atoms with E-state index in [1.54, 1.807) is 48.8 Å². The van der Waals surface area contributed by atoms with Crippen LogP contribution in [-0.2, 0) is 26.9 Å². The number of anilines is 1. The Hall–Kier alpha value is -2.81. The van der Waals surface area contributed by atoms with Gasteiger partial charge in [-0.25, -0.2) is 13.4 Å². The molecule has 0 atom stereocenters. The number of aryl methyl sites for hydroxylation is 1. The van der Waals surface area contributed by atoms with E-state index in [2.05, 4.69) is 9.97 Å². The highest BCUT2D eigenvalue weighted by Crippen LogP contribution is 2.36. The summed E-state index contributed by atoms with van der Waals surface area (Å²) in [7, 11) is -3.68. The minimum Gasteiger partial charge on any atom is -0.283 e. The number of pyridine rings is 1. The number of carbonyl (C=O) groups is 1. The van der Waals surface area contributed by atoms with Gasteiger partial charge in [-0.15, -0.1) is 0 Å². The van der Waals surface area contributed by atoms with Crippen molar-refractivity contribution in [1.82, 2.24) is 9.97 Å². The number of sulfone groups is 1. The molecule has 4 rings (SSSR count). The molecule has 2 aromatic carbocycles. The molecule has 0 aliphatic rings. The number of carbonyl (C=O) groups excluding carboxylic acids is 1. The van der Waals surface area contributed by atoms with E-state index in [9.17, 15) is 13.2 Å². The lowest BCUT2D eigenvalue weighted by Crippen LogP contribution is -2.35. The Morgan fingerprint density at radius 1 is 1.06 bits per heavy atom. The Balaban J connectivity index is 1.67. The fourth-order valence-corrected chi connectivity index (χ4v) is 5.96. The third-order valence-corrected chi connectivity index (χ3v) is 7.85. The fraction of sp³-hybridized carbons (Fsp3) is 0.174. The predicted octanol–water partition coefficient (Wildman–Crippen LogP) is 4.80. The van der Waals surface area contributed by atoms with E-state index in [4.69, 9.17) is 11.6 Å². The Morgan fingerprint density at radius 2 is 1.81 bits per heavy atom. The van der Waals surface area contributed by atoms with Crippen LogP contribution in [0.15, 0.2) is 67.0 Å². The van der Waals surface area contributed by atoms with Gasteiger partial charge in [-0.1, -0.05) is 65.4 Å². The molecule has 4 aromatic rings. The Kier molecular flexibility index (Phi) is 6.55. The molecule has 1 amide bonds. The summed E-state index contributed by atoms with van der Waals surface area (Å²) >= 11 is 7.62. The van der Waals surface area contributed by atoms with Crippen LogP contribution in [0.3, 0.4) is 0 Å². The van der Waals surface area contributed by atoms with Crippen LogP contribution in [0, 0.1) is 6.92 Å². The first-order valence-electron chi connectivity index (χ1n) is 9.82. The summed E-state index contributed by atoms with van der Waals surface area (Å²) in [5.41, 5.74) is 3.04. The Labute approximate surface area is 195 Å². The van der Waals surface area contributed by atoms with Gasteiger partial charge in [0.25, 0.3) is 0 Å². The number of fused-ring (bicyclic) bond motifs is 1. The lowest BCUT2D eigenvalue weighted by molar-refractivity contribution is -0.116. The third-order valence-electron chi connectivity index (χ3n) is 4.85. The van der Waals surface area contributed by atoms with Crippen molar-refractivity contribution in [2.24, 2.45) is 0 Å². The zero-order valence-electron chi connectivity index (χ0n) is 17.2. The van der Waals surface area contributed by atoms with Gasteiger partial charge < -0.3 is 0 Å². The van der Waals surface area contributed by atoms with Crippen molar-refractivity contribution >= 4 is 54.0 Å². The molecule has 0 N–H and O–H groups in total. The van der Waals surface area contributed by atoms with Crippen molar-refractivity contribution in [3.63, 3.8) is 0 Å². The number of benzene rings is 2. The molecule has 0 saturated heterocycles. The molecule has 9 heteroatoms. The lowest BCUT2D eigenvalue weighted by atomic mass is 10.2. The summed E-state index contributed by atoms with van der Waals surface area (Å²) in [6, 6.07) is 16.1. The van der Waals surface area contributed by atoms with Gasteiger partial charge in [0, 0.05) is 12.4 Å². The van der Waals surface area contributed by atoms with Crippen LogP contribution >= 0.6 is 22.9 Å². The summed E-state index contributed by atoms with van der Waals surface area (Å²) in [5, 5.41) is 0.944. The van der Waals surface area contributed by atoms with E-state index in [1.807, 2.05) is 25.1 Å². The Morgan fingerprint density at radius 3 is 2.50 bits per heavy atom. The molecule has 32 heavy (non-hydrogen) atoms. The molecular formula is C23H20ClN3O3S2. The van der Waals surface area contributed by atoms with E-state index in [0.29, 0.717) is 21.2 Å². The summed E-state index contributed by atoms with van der Waals surface area (Å²) in [5.74, 6) is -1.37. The normalized spacial score (nSPS) is 11.6. The molecule has 0 aliphatic heterocycles. The maximum Gasteiger partial charge on any atom is 0.244 e. The summed E-state index contributed by atoms with van der Waals surface area (Å²) < 4.78 is 26.3. The van der Waals surface area contributed by atoms with Crippen molar-refractivity contribution in [2.45, 2.75) is 19.2 Å². The smallest absolute Gasteiger partial charge is 0.244 e. The molecule has 0 aliphatic carbocycles. The van der Waals surface area contributed by atoms with Crippen LogP contribution in [-0.4, -0.2) is 30.0 Å². The van der Waals surface area contributed by atoms with Gasteiger partial charge in [-0.2, -0.15) is 0 Å². The SMILES string of the molecule is Cc1ccc(Cl)c2sc(N(Cc3cccnc3)C(=O)CS(=O)(=O)Cc3ccccc3)nc12. The molecule has 2 aromatic heterocycles. The van der Waals surface area contributed by atoms with Crippen LogP contribution in [0.25, 0.3) is 10.2 Å². The average Bonchev–Trinajstić information content (AvgIpc) is 3.22. The minimum absolute atomic E-state index is 0.157. The fourth-order valence-electron chi connectivity index (χ4n) is 3.29. The maximum absolute atomic E-state index is 13.3. The zero-order chi connectivity index (χ0) is 22.7. The molecular weight excluding hydrogens is 466 g/mol. The quantitative estimate of drug-likeness (QED) is 0.375. The highest BCUT2D eigenvalue weighted by atomic mass is 35.5. The number of rotatable bonds is 7. The van der Waals surface area contributed by atoms with Crippen molar-refractivity contribution < 1.29 is 13.2 Å². The highest BCUT2D eigenvalue weighted by molar-refractivity contribution is 7.91. The molecule has 0 bridgehead atoms. The molecule has 0 saturated carbocycles. The van der Waals surface area contributed by atoms with Gasteiger partial charge >= 0.3 is 0 Å². The van der Waals surface area contributed by atoms with Gasteiger partial charge in [0.2, 0.25) is 5.91 Å². The standard InChI is InChI=1S/C23H20ClN3O3S2/c1-16-9-10-19(24)22-21(16)26-23(31-22)27(13-18-8-5-11-25-12-18)20(28)15-32(29,30)14-17-6-3-2-4-7-17/h2-12H,13-15H2,1H3. The minimum atomic E-state index is -3.68. The van der Waals surface area contributed by atoms with E-state index in [1.165, 1.54) is 16.2 Å². The van der Waals surface area contributed by atoms with Crippen LogP contribution < -0.4 is 4.90 Å². The molecule has 2 heterocycles. The largest absolute Gasteiger partial charge is 0.283 e. The number of thiazole rings is 1. The van der Waals surface area contributed by atoms with Crippen LogP contribution in [0.2, 0.25) is 5.02 Å². The second-order valence-corrected chi connectivity index (χ2v) is 10.8. The third kappa shape index (κ3) is 5.15. The number of amides is 1. The van der Waals surface area contributed by atoms with E-state index in [-0.39, 0.29) is 12.3 Å². The molecule has 0 radical (unpaired) electrons. The average molecular weight is 486 g/mol. The van der Waals surface area contributed by atoms with Gasteiger partial charge in [-0.3, -0.25) is 14.7 Å². The summed E-state index contributed by atoms with van der Waals surface area (Å²) in [6.45, 7) is 2.07. The summed E-state index contributed by atoms with van der Waals surface area (Å²) in [6.07, 6.45) is 3.28. The number of hydrogen-bond acceptors (Lipinski definition) is 6. The molecule has 6 nitrogen and oxygen atoms in total. The lowest BCUT2D eigenvalue weighted by Gasteiger charge is -2.20. The summed E-state index contributed by atoms with van der Waals surface area (Å²) in [4.78, 5) is 23.4. The van der Waals surface area contributed by atoms with Crippen LogP contribution in [0.5, 0.6) is 0 Å². The van der Waals surface area contributed by atoms with Gasteiger partial charge in [0.05, 0.1) is 27.5 Å². The second kappa shape index (κ2) is 9.36. The van der Waals surface area contributed by atoms with E-state index >= 15 is 0 Å². The number of aromatic nitrogens is 2. The molecule has 164 valence electrons. The topological polar surface area (TPSA) is 80.2 Å². The van der Waals surface area contributed by atoms with Gasteiger partial charge in [0.1, 0.15) is 5.75 Å². The molecule has 0 spiro atoms.